The van der Waals surface area contributed by atoms with Crippen LogP contribution in [0.15, 0.2) is 48.5 Å². The molecule has 0 saturated carbocycles. The largest absolute Gasteiger partial charge is 0.384 e. The number of nitrogen functional groups attached to an aromatic ring is 1. The van der Waals surface area contributed by atoms with E-state index in [1.165, 1.54) is 6.07 Å². The molecular formula is C15H16FN3. The zero-order chi connectivity index (χ0) is 13.8. The predicted molar refractivity (Wildman–Crippen MR) is 76.0 cm³/mol. The number of halogens is 1. The smallest absolute Gasteiger partial charge is 0.128 e. The molecule has 0 atom stereocenters. The molecule has 0 aliphatic heterocycles. The highest BCUT2D eigenvalue weighted by Gasteiger charge is 2.06. The minimum atomic E-state index is -0.199. The van der Waals surface area contributed by atoms with E-state index in [1.54, 1.807) is 24.3 Å². The summed E-state index contributed by atoms with van der Waals surface area (Å²) >= 11 is 0. The van der Waals surface area contributed by atoms with E-state index in [1.807, 2.05) is 30.1 Å². The highest BCUT2D eigenvalue weighted by atomic mass is 19.1. The molecule has 0 radical (unpaired) electrons. The first-order chi connectivity index (χ1) is 9.08. The van der Waals surface area contributed by atoms with Crippen LogP contribution < -0.4 is 10.6 Å². The maximum absolute atomic E-state index is 13.6. The Morgan fingerprint density at radius 3 is 2.37 bits per heavy atom. The van der Waals surface area contributed by atoms with Gasteiger partial charge in [-0.25, -0.2) is 4.39 Å². The highest BCUT2D eigenvalue weighted by Crippen LogP contribution is 2.17. The van der Waals surface area contributed by atoms with Gasteiger partial charge in [-0.2, -0.15) is 0 Å². The van der Waals surface area contributed by atoms with Gasteiger partial charge in [0.2, 0.25) is 0 Å². The van der Waals surface area contributed by atoms with Gasteiger partial charge < -0.3 is 10.6 Å². The summed E-state index contributed by atoms with van der Waals surface area (Å²) in [5, 5.41) is 7.34. The molecule has 0 bridgehead atoms. The molecule has 4 heteroatoms. The third-order valence-electron chi connectivity index (χ3n) is 2.98. The molecule has 0 heterocycles. The van der Waals surface area contributed by atoms with Crippen LogP contribution in [0, 0.1) is 11.2 Å². The van der Waals surface area contributed by atoms with Crippen LogP contribution in [0.3, 0.4) is 0 Å². The Kier molecular flexibility index (Phi) is 3.80. The third-order valence-corrected chi connectivity index (χ3v) is 2.98. The van der Waals surface area contributed by atoms with Crippen molar-refractivity contribution in [3.05, 3.63) is 65.5 Å². The second-order valence-electron chi connectivity index (χ2n) is 4.41. The molecule has 3 nitrogen and oxygen atoms in total. The first-order valence-corrected chi connectivity index (χ1v) is 5.97. The topological polar surface area (TPSA) is 53.1 Å². The molecule has 2 aromatic carbocycles. The van der Waals surface area contributed by atoms with Crippen LogP contribution in [-0.4, -0.2) is 12.9 Å². The summed E-state index contributed by atoms with van der Waals surface area (Å²) in [5.41, 5.74) is 7.69. The van der Waals surface area contributed by atoms with Gasteiger partial charge in [0.15, 0.2) is 0 Å². The Bertz CT molecular complexity index is 578. The molecule has 2 rings (SSSR count). The van der Waals surface area contributed by atoms with Crippen molar-refractivity contribution in [2.75, 3.05) is 11.9 Å². The van der Waals surface area contributed by atoms with Gasteiger partial charge in [0.1, 0.15) is 11.7 Å². The van der Waals surface area contributed by atoms with Gasteiger partial charge in [0, 0.05) is 30.4 Å². The van der Waals surface area contributed by atoms with Crippen LogP contribution in [0.25, 0.3) is 0 Å². The summed E-state index contributed by atoms with van der Waals surface area (Å²) in [7, 11) is 1.90. The molecule has 3 N–H and O–H groups in total. The minimum Gasteiger partial charge on any atom is -0.384 e. The van der Waals surface area contributed by atoms with Gasteiger partial charge in [-0.05, 0) is 30.3 Å². The normalized spacial score (nSPS) is 10.2. The number of hydrogen-bond acceptors (Lipinski definition) is 2. The molecule has 2 aromatic rings. The van der Waals surface area contributed by atoms with E-state index in [0.717, 1.165) is 5.69 Å². The summed E-state index contributed by atoms with van der Waals surface area (Å²) in [6.45, 7) is 0.492. The number of nitrogens with two attached hydrogens (primary N) is 1. The van der Waals surface area contributed by atoms with Gasteiger partial charge in [-0.15, -0.1) is 0 Å². The van der Waals surface area contributed by atoms with Gasteiger partial charge >= 0.3 is 0 Å². The number of hydrogen-bond donors (Lipinski definition) is 2. The minimum absolute atomic E-state index is 0.0447. The zero-order valence-corrected chi connectivity index (χ0v) is 10.7. The second-order valence-corrected chi connectivity index (χ2v) is 4.41. The molecule has 0 aliphatic rings. The van der Waals surface area contributed by atoms with E-state index in [0.29, 0.717) is 17.7 Å². The van der Waals surface area contributed by atoms with Crippen molar-refractivity contribution in [3.63, 3.8) is 0 Å². The fraction of sp³-hybridized carbons (Fsp3) is 0.133. The van der Waals surface area contributed by atoms with Gasteiger partial charge in [0.25, 0.3) is 0 Å². The van der Waals surface area contributed by atoms with Gasteiger partial charge in [0.05, 0.1) is 0 Å². The second kappa shape index (κ2) is 5.52. The van der Waals surface area contributed by atoms with Crippen molar-refractivity contribution in [2.24, 2.45) is 5.73 Å². The van der Waals surface area contributed by atoms with Crippen LogP contribution in [0.2, 0.25) is 0 Å². The lowest BCUT2D eigenvalue weighted by molar-refractivity contribution is 0.608. The Morgan fingerprint density at radius 1 is 1.16 bits per heavy atom. The van der Waals surface area contributed by atoms with Crippen LogP contribution in [0.4, 0.5) is 10.1 Å². The zero-order valence-electron chi connectivity index (χ0n) is 10.7. The molecule has 0 spiro atoms. The van der Waals surface area contributed by atoms with Crippen LogP contribution >= 0.6 is 0 Å². The summed E-state index contributed by atoms with van der Waals surface area (Å²) in [6.07, 6.45) is 0. The molecule has 0 aliphatic carbocycles. The van der Waals surface area contributed by atoms with E-state index in [-0.39, 0.29) is 11.7 Å². The van der Waals surface area contributed by atoms with Crippen LogP contribution in [0.5, 0.6) is 0 Å². The molecule has 0 aromatic heterocycles. The van der Waals surface area contributed by atoms with E-state index in [2.05, 4.69) is 0 Å². The quantitative estimate of drug-likeness (QED) is 0.653. The maximum Gasteiger partial charge on any atom is 0.128 e. The van der Waals surface area contributed by atoms with Crippen LogP contribution in [0.1, 0.15) is 11.1 Å². The molecule has 98 valence electrons. The summed E-state index contributed by atoms with van der Waals surface area (Å²) in [6, 6.07) is 14.1. The van der Waals surface area contributed by atoms with E-state index in [9.17, 15) is 4.39 Å². The summed E-state index contributed by atoms with van der Waals surface area (Å²) in [4.78, 5) is 1.95. The van der Waals surface area contributed by atoms with Crippen molar-refractivity contribution >= 4 is 11.5 Å². The first-order valence-electron chi connectivity index (χ1n) is 5.97. The molecule has 0 amide bonds. The maximum atomic E-state index is 13.6. The van der Waals surface area contributed by atoms with E-state index in [4.69, 9.17) is 11.1 Å². The first kappa shape index (κ1) is 13.1. The molecule has 0 unspecified atom stereocenters. The molecule has 19 heavy (non-hydrogen) atoms. The van der Waals surface area contributed by atoms with Crippen molar-refractivity contribution in [2.45, 2.75) is 6.54 Å². The van der Waals surface area contributed by atoms with Gasteiger partial charge in [-0.3, -0.25) is 5.41 Å². The number of nitrogens with one attached hydrogen (secondary N) is 1. The van der Waals surface area contributed by atoms with Crippen molar-refractivity contribution in [1.82, 2.24) is 0 Å². The number of anilines is 1. The number of amidine groups is 1. The Balaban J connectivity index is 2.14. The number of rotatable bonds is 4. The van der Waals surface area contributed by atoms with Crippen molar-refractivity contribution < 1.29 is 4.39 Å². The lowest BCUT2D eigenvalue weighted by Gasteiger charge is -2.20. The number of benzene rings is 2. The molecular weight excluding hydrogens is 241 g/mol. The fourth-order valence-electron chi connectivity index (χ4n) is 1.87. The number of nitrogens with zero attached hydrogens (tertiary/aromatic N) is 1. The Morgan fingerprint density at radius 2 is 1.79 bits per heavy atom. The van der Waals surface area contributed by atoms with Crippen molar-refractivity contribution in [3.8, 4) is 0 Å². The summed E-state index contributed by atoms with van der Waals surface area (Å²) < 4.78 is 13.6. The highest BCUT2D eigenvalue weighted by molar-refractivity contribution is 5.95. The average molecular weight is 257 g/mol. The Labute approximate surface area is 112 Å². The van der Waals surface area contributed by atoms with Crippen LogP contribution in [-0.2, 0) is 6.54 Å². The van der Waals surface area contributed by atoms with E-state index < -0.39 is 0 Å². The SMILES string of the molecule is CN(Cc1ccccc1F)c1ccc(C(=N)N)cc1. The molecule has 0 saturated heterocycles. The molecule has 0 fully saturated rings. The lowest BCUT2D eigenvalue weighted by atomic mass is 10.1. The predicted octanol–water partition coefficient (Wildman–Crippen LogP) is 2.75. The van der Waals surface area contributed by atoms with E-state index >= 15 is 0 Å². The summed E-state index contributed by atoms with van der Waals surface area (Å²) in [5.74, 6) is -0.155. The van der Waals surface area contributed by atoms with Crippen molar-refractivity contribution in [1.29, 1.82) is 5.41 Å². The monoisotopic (exact) mass is 257 g/mol. The van der Waals surface area contributed by atoms with Gasteiger partial charge in [-0.1, -0.05) is 18.2 Å². The fourth-order valence-corrected chi connectivity index (χ4v) is 1.87. The average Bonchev–Trinajstić information content (AvgIpc) is 2.41. The Hall–Kier alpha value is -2.36. The lowest BCUT2D eigenvalue weighted by Crippen LogP contribution is -2.17. The standard InChI is InChI=1S/C15H16FN3/c1-19(10-12-4-2-3-5-14(12)16)13-8-6-11(7-9-13)15(17)18/h2-9H,10H2,1H3,(H3,17,18). The third kappa shape index (κ3) is 3.10.